The van der Waals surface area contributed by atoms with Crippen molar-refractivity contribution in [2.45, 2.75) is 59.0 Å². The highest BCUT2D eigenvalue weighted by molar-refractivity contribution is 5.93. The van der Waals surface area contributed by atoms with Crippen molar-refractivity contribution in [3.05, 3.63) is 58.9 Å². The summed E-state index contributed by atoms with van der Waals surface area (Å²) in [5.41, 5.74) is 9.44. The van der Waals surface area contributed by atoms with Gasteiger partial charge in [0.25, 0.3) is 5.91 Å². The molecule has 4 rings (SSSR count). The summed E-state index contributed by atoms with van der Waals surface area (Å²) in [6.45, 7) is 5.03. The van der Waals surface area contributed by atoms with E-state index in [4.69, 9.17) is 5.73 Å². The number of nitrogens with zero attached hydrogens (tertiary/aromatic N) is 5. The molecule has 2 aromatic heterocycles. The van der Waals surface area contributed by atoms with E-state index in [1.807, 2.05) is 25.1 Å². The summed E-state index contributed by atoms with van der Waals surface area (Å²) in [5, 5.41) is 15.9. The molecule has 0 atom stereocenters. The van der Waals surface area contributed by atoms with E-state index in [1.54, 1.807) is 10.9 Å². The minimum Gasteiger partial charge on any atom is -0.369 e. The Kier molecular flexibility index (Phi) is 7.30. The number of nitrogens with two attached hydrogens (primary N) is 1. The fraction of sp³-hybridized carbons (Fsp3) is 0.440. The van der Waals surface area contributed by atoms with Crippen LogP contribution in [0.4, 0.5) is 0 Å². The number of amides is 2. The maximum absolute atomic E-state index is 12.8. The van der Waals surface area contributed by atoms with Gasteiger partial charge in [-0.25, -0.2) is 4.98 Å². The monoisotopic (exact) mass is 461 g/mol. The van der Waals surface area contributed by atoms with Gasteiger partial charge in [-0.3, -0.25) is 9.59 Å². The Morgan fingerprint density at radius 3 is 2.62 bits per heavy atom. The lowest BCUT2D eigenvalue weighted by Crippen LogP contribution is -2.29. The van der Waals surface area contributed by atoms with Gasteiger partial charge < -0.3 is 11.1 Å². The van der Waals surface area contributed by atoms with Gasteiger partial charge in [-0.1, -0.05) is 31.2 Å². The highest BCUT2D eigenvalue weighted by atomic mass is 16.2. The van der Waals surface area contributed by atoms with Gasteiger partial charge in [-0.05, 0) is 73.4 Å². The third kappa shape index (κ3) is 5.84. The zero-order valence-electron chi connectivity index (χ0n) is 19.7. The molecule has 0 bridgehead atoms. The van der Waals surface area contributed by atoms with Crippen LogP contribution in [-0.4, -0.2) is 37.0 Å². The highest BCUT2D eigenvalue weighted by Crippen LogP contribution is 2.29. The molecule has 0 saturated heterocycles. The number of nitrogens with one attached hydrogen (secondary N) is 1. The van der Waals surface area contributed by atoms with Crippen LogP contribution in [0.25, 0.3) is 11.4 Å². The van der Waals surface area contributed by atoms with Crippen molar-refractivity contribution in [3.63, 3.8) is 0 Å². The van der Waals surface area contributed by atoms with E-state index in [0.717, 1.165) is 37.7 Å². The molecule has 0 unspecified atom stereocenters. The van der Waals surface area contributed by atoms with Crippen LogP contribution in [0.15, 0.2) is 36.4 Å². The number of aryl methyl sites for hydroxylation is 2. The minimum absolute atomic E-state index is 0.0181. The molecule has 3 N–H and O–H groups in total. The van der Waals surface area contributed by atoms with Crippen LogP contribution in [0.5, 0.6) is 0 Å². The van der Waals surface area contributed by atoms with Crippen molar-refractivity contribution in [1.29, 1.82) is 0 Å². The predicted molar refractivity (Wildman–Crippen MR) is 127 cm³/mol. The predicted octanol–water partition coefficient (Wildman–Crippen LogP) is 2.83. The average Bonchev–Trinajstić information content (AvgIpc) is 3.31. The van der Waals surface area contributed by atoms with Gasteiger partial charge in [0.1, 0.15) is 5.69 Å². The van der Waals surface area contributed by atoms with Crippen molar-refractivity contribution < 1.29 is 9.59 Å². The first-order valence-electron chi connectivity index (χ1n) is 11.8. The second-order valence-corrected chi connectivity index (χ2v) is 9.03. The number of rotatable bonds is 8. The summed E-state index contributed by atoms with van der Waals surface area (Å²) in [5.74, 6) is 0.383. The maximum Gasteiger partial charge on any atom is 0.270 e. The number of benzene rings is 1. The molecule has 9 heteroatoms. The van der Waals surface area contributed by atoms with Crippen LogP contribution in [0, 0.1) is 18.8 Å². The molecule has 34 heavy (non-hydrogen) atoms. The maximum atomic E-state index is 12.8. The first kappa shape index (κ1) is 23.5. The van der Waals surface area contributed by atoms with Crippen LogP contribution in [0.1, 0.15) is 59.9 Å². The first-order chi connectivity index (χ1) is 16.4. The molecule has 1 aliphatic carbocycles. The van der Waals surface area contributed by atoms with Gasteiger partial charge in [0.15, 0.2) is 0 Å². The highest BCUT2D eigenvalue weighted by Gasteiger charge is 2.25. The largest absolute Gasteiger partial charge is 0.369 e. The lowest BCUT2D eigenvalue weighted by molar-refractivity contribution is -0.123. The van der Waals surface area contributed by atoms with E-state index in [-0.39, 0.29) is 17.7 Å². The number of hydrogen-bond acceptors (Lipinski definition) is 6. The van der Waals surface area contributed by atoms with Crippen LogP contribution in [-0.2, 0) is 24.3 Å². The molecule has 178 valence electrons. The number of hydrogen-bond donors (Lipinski definition) is 2. The molecule has 1 saturated carbocycles. The summed E-state index contributed by atoms with van der Waals surface area (Å²) in [6.07, 6.45) is 4.42. The summed E-state index contributed by atoms with van der Waals surface area (Å²) in [4.78, 5) is 30.1. The van der Waals surface area contributed by atoms with Crippen LogP contribution in [0.2, 0.25) is 0 Å². The van der Waals surface area contributed by atoms with Crippen molar-refractivity contribution in [2.75, 3.05) is 0 Å². The summed E-state index contributed by atoms with van der Waals surface area (Å²) in [6, 6.07) is 11.7. The van der Waals surface area contributed by atoms with Gasteiger partial charge in [0, 0.05) is 23.7 Å². The van der Waals surface area contributed by atoms with Gasteiger partial charge in [-0.2, -0.15) is 4.80 Å². The zero-order valence-corrected chi connectivity index (χ0v) is 19.7. The van der Waals surface area contributed by atoms with Gasteiger partial charge in [0.05, 0.1) is 6.54 Å². The number of tetrazole rings is 1. The van der Waals surface area contributed by atoms with E-state index in [1.165, 1.54) is 5.56 Å². The summed E-state index contributed by atoms with van der Waals surface area (Å²) >= 11 is 0. The molecule has 2 heterocycles. The normalized spacial score (nSPS) is 17.9. The molecule has 1 fully saturated rings. The van der Waals surface area contributed by atoms with Crippen LogP contribution >= 0.6 is 0 Å². The number of carbonyl (C=O) groups excluding carboxylic acids is 2. The smallest absolute Gasteiger partial charge is 0.270 e. The Morgan fingerprint density at radius 1 is 1.12 bits per heavy atom. The van der Waals surface area contributed by atoms with Gasteiger partial charge in [0.2, 0.25) is 11.7 Å². The van der Waals surface area contributed by atoms with E-state index in [0.29, 0.717) is 41.8 Å². The topological polar surface area (TPSA) is 129 Å². The minimum atomic E-state index is -0.245. The van der Waals surface area contributed by atoms with Crippen molar-refractivity contribution >= 4 is 11.8 Å². The molecule has 0 spiro atoms. The number of carbonyl (C=O) groups is 2. The van der Waals surface area contributed by atoms with E-state index < -0.39 is 0 Å². The summed E-state index contributed by atoms with van der Waals surface area (Å²) < 4.78 is 0. The molecule has 1 aromatic carbocycles. The molecule has 0 radical (unpaired) electrons. The van der Waals surface area contributed by atoms with Crippen LogP contribution in [0.3, 0.4) is 0 Å². The van der Waals surface area contributed by atoms with E-state index >= 15 is 0 Å². The lowest BCUT2D eigenvalue weighted by Gasteiger charge is -2.25. The molecule has 3 aromatic rings. The average molecular weight is 462 g/mol. The molecular weight excluding hydrogens is 430 g/mol. The number of primary amides is 1. The second-order valence-electron chi connectivity index (χ2n) is 9.03. The Morgan fingerprint density at radius 2 is 1.88 bits per heavy atom. The van der Waals surface area contributed by atoms with Gasteiger partial charge in [-0.15, -0.1) is 10.2 Å². The lowest BCUT2D eigenvalue weighted by atomic mass is 9.82. The van der Waals surface area contributed by atoms with Crippen molar-refractivity contribution in [1.82, 2.24) is 30.5 Å². The summed E-state index contributed by atoms with van der Waals surface area (Å²) in [7, 11) is 0. The Hall–Kier alpha value is -3.62. The standard InChI is InChI=1S/C25H31N7O2/c1-3-17-5-4-6-19(12-17)14-27-25(34)22-13-21(11-16(2)28-22)24-29-31-32(30-24)15-18-7-9-20(10-8-18)23(26)33/h4-6,11-13,18,20H,3,7-10,14-15H2,1-2H3,(H2,26,33)(H,27,34). The Labute approximate surface area is 199 Å². The van der Waals surface area contributed by atoms with E-state index in [9.17, 15) is 9.59 Å². The molecule has 0 aliphatic heterocycles. The fourth-order valence-corrected chi connectivity index (χ4v) is 4.44. The van der Waals surface area contributed by atoms with Crippen molar-refractivity contribution in [3.8, 4) is 11.4 Å². The zero-order chi connectivity index (χ0) is 24.1. The third-order valence-corrected chi connectivity index (χ3v) is 6.42. The molecule has 1 aliphatic rings. The SMILES string of the molecule is CCc1cccc(CNC(=O)c2cc(-c3nnn(CC4CCC(C(N)=O)CC4)n3)cc(C)n2)c1. The number of pyridine rings is 1. The second kappa shape index (κ2) is 10.5. The molecular formula is C25H31N7O2. The van der Waals surface area contributed by atoms with Gasteiger partial charge >= 0.3 is 0 Å². The Balaban J connectivity index is 1.40. The molecule has 9 nitrogen and oxygen atoms in total. The van der Waals surface area contributed by atoms with Crippen LogP contribution < -0.4 is 11.1 Å². The quantitative estimate of drug-likeness (QED) is 0.531. The Bertz CT molecular complexity index is 1170. The fourth-order valence-electron chi connectivity index (χ4n) is 4.44. The van der Waals surface area contributed by atoms with E-state index in [2.05, 4.69) is 44.8 Å². The first-order valence-corrected chi connectivity index (χ1v) is 11.8. The molecule has 2 amide bonds. The third-order valence-electron chi connectivity index (χ3n) is 6.42. The number of aromatic nitrogens is 5. The van der Waals surface area contributed by atoms with Crippen molar-refractivity contribution in [2.24, 2.45) is 17.6 Å².